The van der Waals surface area contributed by atoms with E-state index >= 15 is 0 Å². The summed E-state index contributed by atoms with van der Waals surface area (Å²) in [5, 5.41) is 6.71. The average molecular weight is 160 g/mol. The highest BCUT2D eigenvalue weighted by Gasteiger charge is 2.19. The first kappa shape index (κ1) is 6.35. The maximum absolute atomic E-state index is 3.39. The molecular formula is C10H12N2. The van der Waals surface area contributed by atoms with Gasteiger partial charge in [0.2, 0.25) is 0 Å². The van der Waals surface area contributed by atoms with Crippen molar-refractivity contribution in [3.8, 4) is 0 Å². The van der Waals surface area contributed by atoms with Crippen LogP contribution in [0.4, 0.5) is 11.4 Å². The van der Waals surface area contributed by atoms with E-state index in [-0.39, 0.29) is 0 Å². The maximum atomic E-state index is 3.39. The fourth-order valence-electron chi connectivity index (χ4n) is 2.24. The summed E-state index contributed by atoms with van der Waals surface area (Å²) in [4.78, 5) is 0. The number of hydrogen-bond donors (Lipinski definition) is 2. The normalized spacial score (nSPS) is 18.0. The zero-order chi connectivity index (χ0) is 7.97. The third-order valence-electron chi connectivity index (χ3n) is 2.83. The first-order valence-corrected chi connectivity index (χ1v) is 4.57. The third kappa shape index (κ3) is 0.697. The van der Waals surface area contributed by atoms with Crippen molar-refractivity contribution in [2.45, 2.75) is 19.3 Å². The van der Waals surface area contributed by atoms with Gasteiger partial charge in [-0.25, -0.2) is 0 Å². The van der Waals surface area contributed by atoms with Crippen molar-refractivity contribution in [3.05, 3.63) is 23.3 Å². The lowest BCUT2D eigenvalue weighted by atomic mass is 10.1. The SMILES string of the molecule is c1cc2c(c3c1CCC3)NCN2. The van der Waals surface area contributed by atoms with E-state index in [1.165, 1.54) is 30.6 Å². The summed E-state index contributed by atoms with van der Waals surface area (Å²) < 4.78 is 0. The van der Waals surface area contributed by atoms with Crippen LogP contribution in [0.5, 0.6) is 0 Å². The summed E-state index contributed by atoms with van der Waals surface area (Å²) in [6.45, 7) is 0.895. The number of hydrogen-bond acceptors (Lipinski definition) is 2. The molecule has 0 amide bonds. The summed E-state index contributed by atoms with van der Waals surface area (Å²) in [6, 6.07) is 4.46. The molecule has 1 heterocycles. The second-order valence-electron chi connectivity index (χ2n) is 3.51. The number of aryl methyl sites for hydroxylation is 1. The largest absolute Gasteiger partial charge is 0.366 e. The van der Waals surface area contributed by atoms with Crippen LogP contribution in [-0.2, 0) is 12.8 Å². The van der Waals surface area contributed by atoms with E-state index < -0.39 is 0 Å². The highest BCUT2D eigenvalue weighted by molar-refractivity contribution is 5.78. The van der Waals surface area contributed by atoms with Gasteiger partial charge >= 0.3 is 0 Å². The number of anilines is 2. The summed E-state index contributed by atoms with van der Waals surface area (Å²) in [7, 11) is 0. The highest BCUT2D eigenvalue weighted by Crippen LogP contribution is 2.36. The Kier molecular flexibility index (Phi) is 1.14. The molecule has 0 bridgehead atoms. The molecule has 62 valence electrons. The maximum Gasteiger partial charge on any atom is 0.0850 e. The van der Waals surface area contributed by atoms with Crippen molar-refractivity contribution < 1.29 is 0 Å². The molecule has 0 unspecified atom stereocenters. The van der Waals surface area contributed by atoms with E-state index in [9.17, 15) is 0 Å². The molecule has 12 heavy (non-hydrogen) atoms. The van der Waals surface area contributed by atoms with E-state index in [0.29, 0.717) is 0 Å². The predicted molar refractivity (Wildman–Crippen MR) is 50.6 cm³/mol. The molecule has 0 aromatic heterocycles. The molecule has 0 atom stereocenters. The highest BCUT2D eigenvalue weighted by atomic mass is 15.1. The van der Waals surface area contributed by atoms with Crippen molar-refractivity contribution >= 4 is 11.4 Å². The number of nitrogens with one attached hydrogen (secondary N) is 2. The minimum atomic E-state index is 0.895. The van der Waals surface area contributed by atoms with Gasteiger partial charge in [0.1, 0.15) is 0 Å². The molecule has 2 nitrogen and oxygen atoms in total. The van der Waals surface area contributed by atoms with Crippen molar-refractivity contribution in [2.24, 2.45) is 0 Å². The molecule has 1 aromatic rings. The Bertz CT molecular complexity index is 298. The number of rotatable bonds is 0. The molecule has 2 N–H and O–H groups in total. The zero-order valence-corrected chi connectivity index (χ0v) is 6.98. The number of benzene rings is 1. The first-order chi connectivity index (χ1) is 5.95. The lowest BCUT2D eigenvalue weighted by molar-refractivity contribution is 0.912. The topological polar surface area (TPSA) is 24.1 Å². The zero-order valence-electron chi connectivity index (χ0n) is 6.98. The van der Waals surface area contributed by atoms with Crippen LogP contribution in [0.3, 0.4) is 0 Å². The van der Waals surface area contributed by atoms with Crippen LogP contribution in [0.2, 0.25) is 0 Å². The smallest absolute Gasteiger partial charge is 0.0850 e. The Morgan fingerprint density at radius 1 is 1.08 bits per heavy atom. The van der Waals surface area contributed by atoms with Crippen molar-refractivity contribution in [1.29, 1.82) is 0 Å². The van der Waals surface area contributed by atoms with Crippen LogP contribution in [0.25, 0.3) is 0 Å². The van der Waals surface area contributed by atoms with Crippen LogP contribution in [0.15, 0.2) is 12.1 Å². The van der Waals surface area contributed by atoms with Crippen molar-refractivity contribution in [3.63, 3.8) is 0 Å². The minimum absolute atomic E-state index is 0.895. The van der Waals surface area contributed by atoms with E-state index in [2.05, 4.69) is 22.8 Å². The van der Waals surface area contributed by atoms with Gasteiger partial charge in [-0.15, -0.1) is 0 Å². The molecule has 2 aliphatic rings. The van der Waals surface area contributed by atoms with Gasteiger partial charge in [0, 0.05) is 0 Å². The van der Waals surface area contributed by atoms with Gasteiger partial charge in [-0.1, -0.05) is 6.07 Å². The van der Waals surface area contributed by atoms with Gasteiger partial charge in [0.05, 0.1) is 18.0 Å². The van der Waals surface area contributed by atoms with E-state index in [1.54, 1.807) is 11.1 Å². The van der Waals surface area contributed by atoms with E-state index in [0.717, 1.165) is 6.67 Å². The molecule has 1 aromatic carbocycles. The minimum Gasteiger partial charge on any atom is -0.366 e. The van der Waals surface area contributed by atoms with Gasteiger partial charge < -0.3 is 10.6 Å². The summed E-state index contributed by atoms with van der Waals surface area (Å²) >= 11 is 0. The quantitative estimate of drug-likeness (QED) is 0.606. The summed E-state index contributed by atoms with van der Waals surface area (Å²) in [5.74, 6) is 0. The lowest BCUT2D eigenvalue weighted by Gasteiger charge is -2.05. The van der Waals surface area contributed by atoms with Crippen molar-refractivity contribution in [1.82, 2.24) is 0 Å². The second-order valence-corrected chi connectivity index (χ2v) is 3.51. The molecule has 3 rings (SSSR count). The fourth-order valence-corrected chi connectivity index (χ4v) is 2.24. The van der Waals surface area contributed by atoms with Gasteiger partial charge in [0.15, 0.2) is 0 Å². The van der Waals surface area contributed by atoms with Crippen LogP contribution >= 0.6 is 0 Å². The molecule has 0 radical (unpaired) electrons. The predicted octanol–water partition coefficient (Wildman–Crippen LogP) is 1.97. The van der Waals surface area contributed by atoms with Gasteiger partial charge in [-0.3, -0.25) is 0 Å². The summed E-state index contributed by atoms with van der Waals surface area (Å²) in [6.07, 6.45) is 3.85. The van der Waals surface area contributed by atoms with E-state index in [1.807, 2.05) is 0 Å². The Hall–Kier alpha value is -1.18. The lowest BCUT2D eigenvalue weighted by Crippen LogP contribution is -1.99. The molecule has 1 aliphatic carbocycles. The Morgan fingerprint density at radius 2 is 2.08 bits per heavy atom. The Morgan fingerprint density at radius 3 is 3.08 bits per heavy atom. The van der Waals surface area contributed by atoms with Crippen LogP contribution in [0.1, 0.15) is 17.5 Å². The molecule has 0 saturated heterocycles. The van der Waals surface area contributed by atoms with Gasteiger partial charge in [0.25, 0.3) is 0 Å². The Balaban J connectivity index is 2.24. The molecule has 0 spiro atoms. The van der Waals surface area contributed by atoms with Crippen LogP contribution in [0, 0.1) is 0 Å². The second kappa shape index (κ2) is 2.16. The number of fused-ring (bicyclic) bond motifs is 3. The monoisotopic (exact) mass is 160 g/mol. The fraction of sp³-hybridized carbons (Fsp3) is 0.400. The standard InChI is InChI=1S/C10H12N2/c1-2-7-4-5-9-10(8(7)3-1)12-6-11-9/h4-5,11-12H,1-3,6H2. The molecule has 0 saturated carbocycles. The van der Waals surface area contributed by atoms with Crippen molar-refractivity contribution in [2.75, 3.05) is 17.3 Å². The third-order valence-corrected chi connectivity index (χ3v) is 2.83. The van der Waals surface area contributed by atoms with Gasteiger partial charge in [-0.2, -0.15) is 0 Å². The van der Waals surface area contributed by atoms with E-state index in [4.69, 9.17) is 0 Å². The molecule has 2 heteroatoms. The molecule has 0 fully saturated rings. The van der Waals surface area contributed by atoms with Gasteiger partial charge in [-0.05, 0) is 36.5 Å². The molecular weight excluding hydrogens is 148 g/mol. The Labute approximate surface area is 72.0 Å². The van der Waals surface area contributed by atoms with Crippen LogP contribution in [-0.4, -0.2) is 6.67 Å². The van der Waals surface area contributed by atoms with Crippen LogP contribution < -0.4 is 10.6 Å². The molecule has 1 aliphatic heterocycles. The summed E-state index contributed by atoms with van der Waals surface area (Å²) in [5.41, 5.74) is 5.75. The average Bonchev–Trinajstić information content (AvgIpc) is 2.71. The first-order valence-electron chi connectivity index (χ1n) is 4.57.